The monoisotopic (exact) mass is 585 g/mol. The molecule has 2 atom stereocenters. The van der Waals surface area contributed by atoms with E-state index in [1.807, 2.05) is 0 Å². The zero-order valence-electron chi connectivity index (χ0n) is 21.3. The maximum Gasteiger partial charge on any atom is 0.252 e. The minimum Gasteiger partial charge on any atom is -0.494 e. The summed E-state index contributed by atoms with van der Waals surface area (Å²) in [6.45, 7) is -0.636. The quantitative estimate of drug-likeness (QED) is 0.112. The van der Waals surface area contributed by atoms with Crippen molar-refractivity contribution in [2.45, 2.75) is 24.5 Å². The first-order valence-electron chi connectivity index (χ1n) is 12.4. The Morgan fingerprint density at radius 2 is 1.98 bits per heavy atom. The molecule has 0 fully saturated rings. The fourth-order valence-electron chi connectivity index (χ4n) is 4.38. The van der Waals surface area contributed by atoms with Crippen LogP contribution >= 0.6 is 23.2 Å². The Bertz CT molecular complexity index is 1430. The van der Waals surface area contributed by atoms with Crippen molar-refractivity contribution >= 4 is 40.7 Å². The second-order valence-corrected chi connectivity index (χ2v) is 9.74. The van der Waals surface area contributed by atoms with Crippen LogP contribution in [0.15, 0.2) is 76.8 Å². The van der Waals surface area contributed by atoms with E-state index in [1.54, 1.807) is 60.7 Å². The Morgan fingerprint density at radius 3 is 2.67 bits per heavy atom. The molecule has 1 aliphatic rings. The molecule has 2 N–H and O–H groups in total. The van der Waals surface area contributed by atoms with Gasteiger partial charge >= 0.3 is 0 Å². The molecule has 40 heavy (non-hydrogen) atoms. The van der Waals surface area contributed by atoms with Crippen LogP contribution in [0.25, 0.3) is 10.4 Å². The van der Waals surface area contributed by atoms with Gasteiger partial charge in [-0.25, -0.2) is 9.38 Å². The predicted molar refractivity (Wildman–Crippen MR) is 151 cm³/mol. The SMILES string of the molecule is [N-]=[N+]=Nc1ccccc1C[C@@]1(C(=O)NCCF)N=C(c2ccc(OCCCO)cc2)O[C@@H]1c1ccc(Cl)cc1Cl. The number of hydrogen-bond acceptors (Lipinski definition) is 6. The van der Waals surface area contributed by atoms with E-state index in [9.17, 15) is 9.18 Å². The lowest BCUT2D eigenvalue weighted by atomic mass is 9.81. The molecule has 1 amide bonds. The number of halogens is 3. The molecule has 1 aliphatic heterocycles. The fraction of sp³-hybridized carbons (Fsp3) is 0.286. The highest BCUT2D eigenvalue weighted by molar-refractivity contribution is 6.35. The molecule has 9 nitrogen and oxygen atoms in total. The van der Waals surface area contributed by atoms with Crippen LogP contribution in [0.3, 0.4) is 0 Å². The Labute approximate surface area is 240 Å². The Hall–Kier alpha value is -3.82. The highest BCUT2D eigenvalue weighted by Crippen LogP contribution is 2.46. The lowest BCUT2D eigenvalue weighted by Crippen LogP contribution is -2.50. The molecule has 1 heterocycles. The Kier molecular flexibility index (Phi) is 9.84. The third-order valence-corrected chi connectivity index (χ3v) is 6.82. The average Bonchev–Trinajstić information content (AvgIpc) is 3.33. The van der Waals surface area contributed by atoms with E-state index in [4.69, 9.17) is 48.3 Å². The topological polar surface area (TPSA) is 129 Å². The molecular weight excluding hydrogens is 560 g/mol. The maximum absolute atomic E-state index is 13.9. The number of ether oxygens (including phenoxy) is 2. The van der Waals surface area contributed by atoms with Gasteiger partial charge in [-0.3, -0.25) is 4.79 Å². The van der Waals surface area contributed by atoms with Crippen molar-refractivity contribution in [1.82, 2.24) is 5.32 Å². The van der Waals surface area contributed by atoms with Crippen LogP contribution in [0.1, 0.15) is 29.2 Å². The summed E-state index contributed by atoms with van der Waals surface area (Å²) in [4.78, 5) is 21.6. The number of aliphatic imine (C=N–C) groups is 1. The van der Waals surface area contributed by atoms with Crippen molar-refractivity contribution in [3.8, 4) is 5.75 Å². The molecule has 0 saturated heterocycles. The summed E-state index contributed by atoms with van der Waals surface area (Å²) >= 11 is 12.7. The summed E-state index contributed by atoms with van der Waals surface area (Å²) < 4.78 is 25.2. The van der Waals surface area contributed by atoms with Gasteiger partial charge in [0, 0.05) is 57.8 Å². The second kappa shape index (κ2) is 13.5. The summed E-state index contributed by atoms with van der Waals surface area (Å²) in [7, 11) is 0. The predicted octanol–water partition coefficient (Wildman–Crippen LogP) is 6.28. The zero-order valence-corrected chi connectivity index (χ0v) is 22.8. The van der Waals surface area contributed by atoms with Gasteiger partial charge in [0.25, 0.3) is 5.91 Å². The van der Waals surface area contributed by atoms with Crippen LogP contribution in [0, 0.1) is 0 Å². The molecule has 4 rings (SSSR count). The number of amides is 1. The van der Waals surface area contributed by atoms with Crippen molar-refractivity contribution in [2.24, 2.45) is 10.1 Å². The van der Waals surface area contributed by atoms with E-state index in [-0.39, 0.29) is 30.5 Å². The van der Waals surface area contributed by atoms with Crippen LogP contribution in [0.2, 0.25) is 10.0 Å². The van der Waals surface area contributed by atoms with E-state index >= 15 is 0 Å². The molecule has 0 aliphatic carbocycles. The van der Waals surface area contributed by atoms with E-state index in [0.29, 0.717) is 46.2 Å². The van der Waals surface area contributed by atoms with Crippen LogP contribution in [0.5, 0.6) is 5.75 Å². The lowest BCUT2D eigenvalue weighted by Gasteiger charge is -2.31. The number of carbonyl (C=O) groups excluding carboxylic acids is 1. The molecule has 208 valence electrons. The highest BCUT2D eigenvalue weighted by Gasteiger charge is 2.54. The lowest BCUT2D eigenvalue weighted by molar-refractivity contribution is -0.129. The van der Waals surface area contributed by atoms with Gasteiger partial charge in [0.2, 0.25) is 5.90 Å². The number of rotatable bonds is 12. The van der Waals surface area contributed by atoms with Gasteiger partial charge in [0.1, 0.15) is 12.4 Å². The van der Waals surface area contributed by atoms with Gasteiger partial charge < -0.3 is 19.9 Å². The molecule has 0 radical (unpaired) electrons. The fourth-order valence-corrected chi connectivity index (χ4v) is 4.89. The number of benzene rings is 3. The second-order valence-electron chi connectivity index (χ2n) is 8.89. The zero-order chi connectivity index (χ0) is 28.5. The third kappa shape index (κ3) is 6.48. The molecule has 0 aromatic heterocycles. The smallest absolute Gasteiger partial charge is 0.252 e. The number of alkyl halides is 1. The van der Waals surface area contributed by atoms with Crippen LogP contribution in [-0.2, 0) is 16.0 Å². The largest absolute Gasteiger partial charge is 0.494 e. The van der Waals surface area contributed by atoms with Crippen LogP contribution in [-0.4, -0.2) is 48.9 Å². The minimum atomic E-state index is -1.65. The van der Waals surface area contributed by atoms with Gasteiger partial charge in [-0.1, -0.05) is 58.6 Å². The van der Waals surface area contributed by atoms with Crippen LogP contribution < -0.4 is 10.1 Å². The Morgan fingerprint density at radius 1 is 1.20 bits per heavy atom. The number of carbonyl (C=O) groups is 1. The first-order chi connectivity index (χ1) is 19.4. The van der Waals surface area contributed by atoms with Crippen molar-refractivity contribution in [3.05, 3.63) is 104 Å². The molecular formula is C28H26Cl2FN5O4. The van der Waals surface area contributed by atoms with Crippen molar-refractivity contribution in [2.75, 3.05) is 26.4 Å². The third-order valence-electron chi connectivity index (χ3n) is 6.26. The first-order valence-corrected chi connectivity index (χ1v) is 13.2. The molecule has 12 heteroatoms. The van der Waals surface area contributed by atoms with Gasteiger partial charge in [-0.2, -0.15) is 0 Å². The molecule has 0 unspecified atom stereocenters. The number of azide groups is 1. The molecule has 3 aromatic carbocycles. The molecule has 0 spiro atoms. The number of nitrogens with one attached hydrogen (secondary N) is 1. The number of hydrogen-bond donors (Lipinski definition) is 2. The minimum absolute atomic E-state index is 0.0206. The van der Waals surface area contributed by atoms with Crippen molar-refractivity contribution < 1.29 is 23.8 Å². The van der Waals surface area contributed by atoms with E-state index < -0.39 is 24.2 Å². The van der Waals surface area contributed by atoms with Gasteiger partial charge in [0.05, 0.1) is 6.61 Å². The van der Waals surface area contributed by atoms with Crippen LogP contribution in [0.4, 0.5) is 10.1 Å². The van der Waals surface area contributed by atoms with Crippen molar-refractivity contribution in [3.63, 3.8) is 0 Å². The van der Waals surface area contributed by atoms with Gasteiger partial charge in [0.15, 0.2) is 11.6 Å². The molecule has 0 bridgehead atoms. The standard InChI is InChI=1S/C28H26Cl2FN5O4/c29-20-8-11-22(23(30)16-20)25-28(27(38)33-13-12-31,17-19-4-1-2-5-24(19)35-36-32)34-26(40-25)18-6-9-21(10-7-18)39-15-3-14-37/h1-2,4-11,16,25,37H,3,12-15,17H2,(H,33,38)/t25-,28-/m1/s1. The summed E-state index contributed by atoms with van der Waals surface area (Å²) in [5.41, 5.74) is 9.31. The van der Waals surface area contributed by atoms with Gasteiger partial charge in [-0.05, 0) is 47.5 Å². The molecule has 3 aromatic rings. The summed E-state index contributed by atoms with van der Waals surface area (Å²) in [5.74, 6) is 0.161. The number of nitrogens with zero attached hydrogens (tertiary/aromatic N) is 4. The van der Waals surface area contributed by atoms with Gasteiger partial charge in [-0.15, -0.1) is 0 Å². The summed E-state index contributed by atoms with van der Waals surface area (Å²) in [6, 6.07) is 18.5. The summed E-state index contributed by atoms with van der Waals surface area (Å²) in [5, 5.41) is 16.0. The normalized spacial score (nSPS) is 17.9. The molecule has 0 saturated carbocycles. The van der Waals surface area contributed by atoms with E-state index in [2.05, 4.69) is 15.3 Å². The number of aliphatic hydroxyl groups is 1. The van der Waals surface area contributed by atoms with E-state index in [0.717, 1.165) is 0 Å². The maximum atomic E-state index is 13.9. The first kappa shape index (κ1) is 29.2. The van der Waals surface area contributed by atoms with E-state index in [1.165, 1.54) is 6.07 Å². The Balaban J connectivity index is 1.84. The average molecular weight is 586 g/mol. The highest BCUT2D eigenvalue weighted by atomic mass is 35.5. The number of aliphatic hydroxyl groups excluding tert-OH is 1. The van der Waals surface area contributed by atoms with Crippen molar-refractivity contribution in [1.29, 1.82) is 0 Å². The summed E-state index contributed by atoms with van der Waals surface area (Å²) in [6.07, 6.45) is -0.587.